The molecule has 2 aromatic carbocycles. The molecular formula is C29H33BrN2O4S. The maximum atomic E-state index is 13.6. The van der Waals surface area contributed by atoms with Gasteiger partial charge < -0.3 is 19.5 Å². The van der Waals surface area contributed by atoms with E-state index in [2.05, 4.69) is 42.0 Å². The monoisotopic (exact) mass is 584 g/mol. The Morgan fingerprint density at radius 2 is 1.76 bits per heavy atom. The highest BCUT2D eigenvalue weighted by molar-refractivity contribution is 9.10. The minimum atomic E-state index is -0.138. The van der Waals surface area contributed by atoms with Crippen LogP contribution in [0.15, 0.2) is 45.9 Å². The fourth-order valence-corrected chi connectivity index (χ4v) is 6.25. The number of amides is 1. The van der Waals surface area contributed by atoms with Gasteiger partial charge >= 0.3 is 0 Å². The van der Waals surface area contributed by atoms with Crippen LogP contribution < -0.4 is 19.5 Å². The predicted molar refractivity (Wildman–Crippen MR) is 155 cm³/mol. The molecule has 0 unspecified atom stereocenters. The number of fused-ring (bicyclic) bond motifs is 1. The van der Waals surface area contributed by atoms with Crippen LogP contribution in [0.25, 0.3) is 0 Å². The molecule has 0 spiro atoms. The van der Waals surface area contributed by atoms with Gasteiger partial charge in [-0.1, -0.05) is 36.7 Å². The number of benzene rings is 2. The summed E-state index contributed by atoms with van der Waals surface area (Å²) < 4.78 is 17.5. The summed E-state index contributed by atoms with van der Waals surface area (Å²) in [6.45, 7) is 6.87. The first-order valence-electron chi connectivity index (χ1n) is 12.2. The lowest BCUT2D eigenvalue weighted by Gasteiger charge is -2.33. The molecule has 0 aliphatic heterocycles. The van der Waals surface area contributed by atoms with Crippen LogP contribution in [0, 0.1) is 11.3 Å². The average Bonchev–Trinajstić information content (AvgIpc) is 3.25. The lowest BCUT2D eigenvalue weighted by molar-refractivity contribution is 0.102. The number of nitrogens with one attached hydrogen (secondary N) is 1. The van der Waals surface area contributed by atoms with E-state index in [4.69, 9.17) is 19.2 Å². The second-order valence-electron chi connectivity index (χ2n) is 10.1. The SMILES string of the molecule is COc1ccc(C=Nc2sc3c(c2C(=O)Nc2ccc(Br)cc2)CC[C@H](C(C)(C)C)C3)c(OC)c1OC. The van der Waals surface area contributed by atoms with Crippen LogP contribution in [-0.2, 0) is 12.8 Å². The molecule has 4 rings (SSSR count). The average molecular weight is 586 g/mol. The number of aliphatic imine (C=N–C) groups is 1. The molecule has 3 aromatic rings. The Balaban J connectivity index is 1.75. The third kappa shape index (κ3) is 5.85. The zero-order chi connectivity index (χ0) is 26.7. The molecular weight excluding hydrogens is 552 g/mol. The van der Waals surface area contributed by atoms with Gasteiger partial charge in [-0.2, -0.15) is 0 Å². The third-order valence-electron chi connectivity index (χ3n) is 6.86. The number of anilines is 1. The van der Waals surface area contributed by atoms with Crippen molar-refractivity contribution in [2.45, 2.75) is 40.0 Å². The normalized spacial score (nSPS) is 15.4. The molecule has 196 valence electrons. The van der Waals surface area contributed by atoms with Gasteiger partial charge in [0.1, 0.15) is 5.00 Å². The molecule has 1 aliphatic carbocycles. The lowest BCUT2D eigenvalue weighted by atomic mass is 9.72. The number of thiophene rings is 1. The predicted octanol–water partition coefficient (Wildman–Crippen LogP) is 7.69. The van der Waals surface area contributed by atoms with Gasteiger partial charge in [0.2, 0.25) is 5.75 Å². The summed E-state index contributed by atoms with van der Waals surface area (Å²) >= 11 is 5.06. The van der Waals surface area contributed by atoms with Crippen LogP contribution in [0.1, 0.15) is 53.6 Å². The van der Waals surface area contributed by atoms with Crippen molar-refractivity contribution < 1.29 is 19.0 Å². The van der Waals surface area contributed by atoms with Gasteiger partial charge in [-0.05, 0) is 72.6 Å². The number of methoxy groups -OCH3 is 3. The highest BCUT2D eigenvalue weighted by Crippen LogP contribution is 2.46. The van der Waals surface area contributed by atoms with Crippen LogP contribution in [0.2, 0.25) is 0 Å². The molecule has 37 heavy (non-hydrogen) atoms. The van der Waals surface area contributed by atoms with Crippen LogP contribution >= 0.6 is 27.3 Å². The molecule has 6 nitrogen and oxygen atoms in total. The van der Waals surface area contributed by atoms with Crippen molar-refractivity contribution >= 4 is 50.1 Å². The molecule has 8 heteroatoms. The summed E-state index contributed by atoms with van der Waals surface area (Å²) in [6.07, 6.45) is 4.61. The van der Waals surface area contributed by atoms with Crippen LogP contribution in [0.3, 0.4) is 0 Å². The number of halogens is 1. The zero-order valence-electron chi connectivity index (χ0n) is 22.1. The number of carbonyl (C=O) groups excluding carboxylic acids is 1. The van der Waals surface area contributed by atoms with E-state index in [1.807, 2.05) is 36.4 Å². The first kappa shape index (κ1) is 27.2. The van der Waals surface area contributed by atoms with Gasteiger partial charge in [0.15, 0.2) is 11.5 Å². The molecule has 0 fully saturated rings. The van der Waals surface area contributed by atoms with E-state index < -0.39 is 0 Å². The van der Waals surface area contributed by atoms with Gasteiger partial charge in [0.25, 0.3) is 5.91 Å². The van der Waals surface area contributed by atoms with Gasteiger partial charge in [-0.3, -0.25) is 4.79 Å². The number of hydrogen-bond acceptors (Lipinski definition) is 6. The maximum absolute atomic E-state index is 13.6. The molecule has 0 radical (unpaired) electrons. The van der Waals surface area contributed by atoms with Crippen LogP contribution in [0.4, 0.5) is 10.7 Å². The number of nitrogens with zero attached hydrogens (tertiary/aromatic N) is 1. The molecule has 0 bridgehead atoms. The van der Waals surface area contributed by atoms with E-state index in [0.29, 0.717) is 33.7 Å². The fourth-order valence-electron chi connectivity index (χ4n) is 4.72. The molecule has 1 N–H and O–H groups in total. The van der Waals surface area contributed by atoms with Gasteiger partial charge in [0.05, 0.1) is 26.9 Å². The summed E-state index contributed by atoms with van der Waals surface area (Å²) in [6, 6.07) is 11.3. The summed E-state index contributed by atoms with van der Waals surface area (Å²) in [5.41, 5.74) is 3.46. The summed E-state index contributed by atoms with van der Waals surface area (Å²) in [4.78, 5) is 19.7. The summed E-state index contributed by atoms with van der Waals surface area (Å²) in [5.74, 6) is 2.02. The molecule has 1 atom stereocenters. The van der Waals surface area contributed by atoms with Gasteiger partial charge in [-0.15, -0.1) is 11.3 Å². The van der Waals surface area contributed by atoms with Crippen LogP contribution in [0.5, 0.6) is 17.2 Å². The Morgan fingerprint density at radius 3 is 2.38 bits per heavy atom. The smallest absolute Gasteiger partial charge is 0.259 e. The lowest BCUT2D eigenvalue weighted by Crippen LogP contribution is -2.27. The minimum Gasteiger partial charge on any atom is -0.493 e. The summed E-state index contributed by atoms with van der Waals surface area (Å²) in [7, 11) is 4.75. The standard InChI is InChI=1S/C29H33BrN2O4S/c1-29(2,3)18-8-13-21-23(15-18)37-28(24(21)27(33)32-20-11-9-19(30)10-12-20)31-16-17-7-14-22(34-4)26(36-6)25(17)35-5/h7,9-12,14,16,18H,8,13,15H2,1-6H3,(H,32,33)/t18-/m0/s1. The van der Waals surface area contributed by atoms with Crippen molar-refractivity contribution in [1.29, 1.82) is 0 Å². The third-order valence-corrected chi connectivity index (χ3v) is 8.55. The number of rotatable bonds is 7. The molecule has 1 aliphatic rings. The first-order valence-corrected chi connectivity index (χ1v) is 13.8. The quantitative estimate of drug-likeness (QED) is 0.289. The molecule has 1 amide bonds. The van der Waals surface area contributed by atoms with E-state index in [-0.39, 0.29) is 11.3 Å². The highest BCUT2D eigenvalue weighted by Gasteiger charge is 2.33. The van der Waals surface area contributed by atoms with E-state index in [1.165, 1.54) is 4.88 Å². The Morgan fingerprint density at radius 1 is 1.05 bits per heavy atom. The number of ether oxygens (including phenoxy) is 3. The Hall–Kier alpha value is -2.84. The largest absolute Gasteiger partial charge is 0.493 e. The van der Waals surface area contributed by atoms with E-state index >= 15 is 0 Å². The van der Waals surface area contributed by atoms with E-state index in [0.717, 1.165) is 40.5 Å². The van der Waals surface area contributed by atoms with Crippen molar-refractivity contribution in [3.63, 3.8) is 0 Å². The number of carbonyl (C=O) groups is 1. The molecule has 0 saturated carbocycles. The first-order chi connectivity index (χ1) is 17.7. The fraction of sp³-hybridized carbons (Fsp3) is 0.379. The molecule has 0 saturated heterocycles. The topological polar surface area (TPSA) is 69.2 Å². The number of hydrogen-bond donors (Lipinski definition) is 1. The Kier molecular flexibility index (Phi) is 8.29. The summed E-state index contributed by atoms with van der Waals surface area (Å²) in [5, 5.41) is 3.77. The molecule has 1 aromatic heterocycles. The van der Waals surface area contributed by atoms with Crippen molar-refractivity contribution in [1.82, 2.24) is 0 Å². The van der Waals surface area contributed by atoms with E-state index in [9.17, 15) is 4.79 Å². The second-order valence-corrected chi connectivity index (χ2v) is 12.1. The van der Waals surface area contributed by atoms with E-state index in [1.54, 1.807) is 38.9 Å². The van der Waals surface area contributed by atoms with Crippen molar-refractivity contribution in [3.8, 4) is 17.2 Å². The second kappa shape index (κ2) is 11.3. The minimum absolute atomic E-state index is 0.138. The van der Waals surface area contributed by atoms with Crippen molar-refractivity contribution in [2.75, 3.05) is 26.6 Å². The maximum Gasteiger partial charge on any atom is 0.259 e. The van der Waals surface area contributed by atoms with Crippen molar-refractivity contribution in [2.24, 2.45) is 16.3 Å². The zero-order valence-corrected chi connectivity index (χ0v) is 24.5. The van der Waals surface area contributed by atoms with Gasteiger partial charge in [-0.25, -0.2) is 4.99 Å². The van der Waals surface area contributed by atoms with Crippen molar-refractivity contribution in [3.05, 3.63) is 62.4 Å². The molecule has 1 heterocycles. The highest BCUT2D eigenvalue weighted by atomic mass is 79.9. The van der Waals surface area contributed by atoms with Gasteiger partial charge in [0, 0.05) is 26.8 Å². The Bertz CT molecular complexity index is 1310. The Labute approximate surface area is 231 Å². The van der Waals surface area contributed by atoms with Crippen LogP contribution in [-0.4, -0.2) is 33.5 Å².